The molecule has 0 aromatic carbocycles. The lowest BCUT2D eigenvalue weighted by molar-refractivity contribution is 0.0922. The van der Waals surface area contributed by atoms with Gasteiger partial charge in [0, 0.05) is 5.92 Å². The number of rotatable bonds is 2. The van der Waals surface area contributed by atoms with Crippen LogP contribution < -0.4 is 0 Å². The number of tetrazole rings is 1. The van der Waals surface area contributed by atoms with Gasteiger partial charge < -0.3 is 0 Å². The molecule has 2 rings (SSSR count). The number of carbonyl (C=O) groups excluding carboxylic acids is 1. The van der Waals surface area contributed by atoms with Crippen molar-refractivity contribution in [1.82, 2.24) is 20.2 Å². The molecular weight excluding hydrogens is 220 g/mol. The van der Waals surface area contributed by atoms with E-state index in [9.17, 15) is 13.2 Å². The molecule has 0 radical (unpaired) electrons. The van der Waals surface area contributed by atoms with E-state index in [1.807, 2.05) is 0 Å². The minimum Gasteiger partial charge on any atom is -0.290 e. The van der Waals surface area contributed by atoms with E-state index in [-0.39, 0.29) is 23.1 Å². The molecule has 1 saturated heterocycles. The molecule has 7 nitrogen and oxygen atoms in total. The van der Waals surface area contributed by atoms with E-state index < -0.39 is 15.8 Å². The maximum absolute atomic E-state index is 11.7. The zero-order valence-electron chi connectivity index (χ0n) is 8.12. The molecule has 0 saturated carbocycles. The molecule has 82 valence electrons. The number of Topliss-reactive ketones (excluding diaryl/α,β-unsaturated/α-hetero) is 1. The normalized spacial score (nSPS) is 24.2. The highest BCUT2D eigenvalue weighted by Gasteiger charge is 2.35. The zero-order valence-corrected chi connectivity index (χ0v) is 8.94. The molecule has 1 aromatic rings. The summed E-state index contributed by atoms with van der Waals surface area (Å²) >= 11 is 0. The quantitative estimate of drug-likeness (QED) is 0.594. The van der Waals surface area contributed by atoms with Crippen LogP contribution in [0.5, 0.6) is 0 Å². The van der Waals surface area contributed by atoms with Crippen molar-refractivity contribution in [3.63, 3.8) is 0 Å². The molecule has 2 heterocycles. The van der Waals surface area contributed by atoms with Crippen LogP contribution in [0.1, 0.15) is 17.0 Å². The number of carbonyl (C=O) groups is 1. The van der Waals surface area contributed by atoms with Crippen molar-refractivity contribution in [3.8, 4) is 0 Å². The Balaban J connectivity index is 2.17. The second-order valence-corrected chi connectivity index (χ2v) is 5.80. The van der Waals surface area contributed by atoms with E-state index in [1.165, 1.54) is 4.80 Å². The maximum Gasteiger partial charge on any atom is 0.240 e. The molecule has 0 amide bonds. The van der Waals surface area contributed by atoms with Crippen molar-refractivity contribution in [1.29, 1.82) is 0 Å². The summed E-state index contributed by atoms with van der Waals surface area (Å²) < 4.78 is 22.3. The highest BCUT2D eigenvalue weighted by Crippen LogP contribution is 2.20. The third kappa shape index (κ3) is 2.04. The lowest BCUT2D eigenvalue weighted by Gasteiger charge is -2.00. The lowest BCUT2D eigenvalue weighted by atomic mass is 10.0. The summed E-state index contributed by atoms with van der Waals surface area (Å²) in [5.41, 5.74) is 0. The van der Waals surface area contributed by atoms with Crippen LogP contribution in [0.25, 0.3) is 0 Å². The van der Waals surface area contributed by atoms with Gasteiger partial charge >= 0.3 is 0 Å². The van der Waals surface area contributed by atoms with Gasteiger partial charge in [-0.3, -0.25) is 4.79 Å². The lowest BCUT2D eigenvalue weighted by Crippen LogP contribution is -2.17. The first-order chi connectivity index (χ1) is 6.98. The fraction of sp³-hybridized carbons (Fsp3) is 0.714. The Morgan fingerprint density at radius 2 is 2.27 bits per heavy atom. The summed E-state index contributed by atoms with van der Waals surface area (Å²) in [5, 5.41) is 10.8. The van der Waals surface area contributed by atoms with E-state index in [0.717, 1.165) is 0 Å². The molecule has 15 heavy (non-hydrogen) atoms. The maximum atomic E-state index is 11.7. The molecule has 1 aliphatic rings. The average molecular weight is 230 g/mol. The molecule has 0 N–H and O–H groups in total. The van der Waals surface area contributed by atoms with Crippen LogP contribution in [-0.4, -0.2) is 45.9 Å². The minimum absolute atomic E-state index is 0.000370. The van der Waals surface area contributed by atoms with Gasteiger partial charge in [0.1, 0.15) is 0 Å². The molecule has 1 fully saturated rings. The van der Waals surface area contributed by atoms with Gasteiger partial charge in [0.25, 0.3) is 0 Å². The van der Waals surface area contributed by atoms with Crippen LogP contribution >= 0.6 is 0 Å². The number of ketones is 1. The summed E-state index contributed by atoms with van der Waals surface area (Å²) in [5.74, 6) is -0.851. The molecule has 1 aromatic heterocycles. The molecule has 1 atom stereocenters. The van der Waals surface area contributed by atoms with Gasteiger partial charge in [0.05, 0.1) is 18.6 Å². The third-order valence-corrected chi connectivity index (χ3v) is 4.10. The van der Waals surface area contributed by atoms with Crippen molar-refractivity contribution >= 4 is 15.6 Å². The average Bonchev–Trinajstić information content (AvgIpc) is 2.71. The summed E-state index contributed by atoms with van der Waals surface area (Å²) in [6.07, 6.45) is 0.361. The first kappa shape index (κ1) is 10.2. The second kappa shape index (κ2) is 3.37. The third-order valence-electron chi connectivity index (χ3n) is 2.33. The van der Waals surface area contributed by atoms with Crippen molar-refractivity contribution in [3.05, 3.63) is 5.82 Å². The molecule has 1 aliphatic heterocycles. The monoisotopic (exact) mass is 230 g/mol. The zero-order chi connectivity index (χ0) is 11.1. The van der Waals surface area contributed by atoms with Gasteiger partial charge in [-0.2, -0.15) is 4.80 Å². The SMILES string of the molecule is Cn1nnc(C(=O)C2CCS(=O)(=O)C2)n1. The Bertz CT molecular complexity index is 492. The second-order valence-electron chi connectivity index (χ2n) is 3.57. The van der Waals surface area contributed by atoms with Gasteiger partial charge in [0.15, 0.2) is 9.84 Å². The molecule has 8 heteroatoms. The van der Waals surface area contributed by atoms with E-state index in [2.05, 4.69) is 15.4 Å². The number of aromatic nitrogens is 4. The topological polar surface area (TPSA) is 94.8 Å². The van der Waals surface area contributed by atoms with Crippen LogP contribution in [0.3, 0.4) is 0 Å². The van der Waals surface area contributed by atoms with Crippen LogP contribution in [0.2, 0.25) is 0 Å². The van der Waals surface area contributed by atoms with Gasteiger partial charge in [-0.1, -0.05) is 0 Å². The van der Waals surface area contributed by atoms with E-state index in [1.54, 1.807) is 7.05 Å². The van der Waals surface area contributed by atoms with Gasteiger partial charge in [-0.25, -0.2) is 8.42 Å². The highest BCUT2D eigenvalue weighted by atomic mass is 32.2. The van der Waals surface area contributed by atoms with Crippen LogP contribution in [-0.2, 0) is 16.9 Å². The van der Waals surface area contributed by atoms with Gasteiger partial charge in [-0.15, -0.1) is 10.2 Å². The molecule has 0 aliphatic carbocycles. The van der Waals surface area contributed by atoms with E-state index in [0.29, 0.717) is 6.42 Å². The summed E-state index contributed by atoms with van der Waals surface area (Å²) in [7, 11) is -1.49. The largest absolute Gasteiger partial charge is 0.290 e. The van der Waals surface area contributed by atoms with Crippen molar-refractivity contribution in [2.45, 2.75) is 6.42 Å². The number of sulfone groups is 1. The molecular formula is C7H10N4O3S. The summed E-state index contributed by atoms with van der Waals surface area (Å²) in [6.45, 7) is 0. The smallest absolute Gasteiger partial charge is 0.240 e. The summed E-state index contributed by atoms with van der Waals surface area (Å²) in [6, 6.07) is 0. The number of hydrogen-bond donors (Lipinski definition) is 0. The van der Waals surface area contributed by atoms with Gasteiger partial charge in [0.2, 0.25) is 11.6 Å². The van der Waals surface area contributed by atoms with Crippen molar-refractivity contribution in [2.75, 3.05) is 11.5 Å². The molecule has 0 spiro atoms. The highest BCUT2D eigenvalue weighted by molar-refractivity contribution is 7.91. The Hall–Kier alpha value is -1.31. The van der Waals surface area contributed by atoms with Crippen molar-refractivity contribution in [2.24, 2.45) is 13.0 Å². The fourth-order valence-corrected chi connectivity index (χ4v) is 3.31. The summed E-state index contributed by atoms with van der Waals surface area (Å²) in [4.78, 5) is 12.9. The molecule has 1 unspecified atom stereocenters. The fourth-order valence-electron chi connectivity index (χ4n) is 1.57. The van der Waals surface area contributed by atoms with Crippen molar-refractivity contribution < 1.29 is 13.2 Å². The van der Waals surface area contributed by atoms with E-state index in [4.69, 9.17) is 0 Å². The predicted octanol–water partition coefficient (Wildman–Crippen LogP) is -1.17. The minimum atomic E-state index is -3.05. The first-order valence-corrected chi connectivity index (χ1v) is 6.29. The molecule has 0 bridgehead atoms. The number of nitrogens with zero attached hydrogens (tertiary/aromatic N) is 4. The van der Waals surface area contributed by atoms with Gasteiger partial charge in [-0.05, 0) is 11.6 Å². The van der Waals surface area contributed by atoms with Crippen LogP contribution in [0.4, 0.5) is 0 Å². The van der Waals surface area contributed by atoms with Crippen LogP contribution in [0.15, 0.2) is 0 Å². The Morgan fingerprint density at radius 1 is 1.53 bits per heavy atom. The van der Waals surface area contributed by atoms with E-state index >= 15 is 0 Å². The standard InChI is InChI=1S/C7H10N4O3S/c1-11-9-7(8-10-11)6(12)5-2-3-15(13,14)4-5/h5H,2-4H2,1H3. The van der Waals surface area contributed by atoms with Crippen LogP contribution in [0, 0.1) is 5.92 Å². The predicted molar refractivity (Wildman–Crippen MR) is 49.9 cm³/mol. The Kier molecular flexibility index (Phi) is 2.29. The number of aryl methyl sites for hydroxylation is 1. The number of hydrogen-bond acceptors (Lipinski definition) is 6. The Morgan fingerprint density at radius 3 is 2.73 bits per heavy atom. The Labute approximate surface area is 86.4 Å². The first-order valence-electron chi connectivity index (χ1n) is 4.46.